The molecule has 3 N–H and O–H groups in total. The van der Waals surface area contributed by atoms with Crippen molar-refractivity contribution < 1.29 is 0 Å². The van der Waals surface area contributed by atoms with Crippen molar-refractivity contribution in [1.82, 2.24) is 20.6 Å². The van der Waals surface area contributed by atoms with Crippen LogP contribution in [0.1, 0.15) is 0 Å². The van der Waals surface area contributed by atoms with Crippen LogP contribution in [0.4, 0.5) is 11.6 Å². The van der Waals surface area contributed by atoms with E-state index >= 15 is 0 Å². The van der Waals surface area contributed by atoms with E-state index < -0.39 is 0 Å². The zero-order chi connectivity index (χ0) is 20.8. The molecule has 30 heavy (non-hydrogen) atoms. The summed E-state index contributed by atoms with van der Waals surface area (Å²) in [4.78, 5) is 4.67. The molecule has 4 rings (SSSR count). The van der Waals surface area contributed by atoms with Gasteiger partial charge in [0.1, 0.15) is 11.4 Å². The van der Waals surface area contributed by atoms with Gasteiger partial charge in [-0.15, -0.1) is 10.2 Å². The van der Waals surface area contributed by atoms with Gasteiger partial charge in [0.05, 0.1) is 0 Å². The fourth-order valence-electron chi connectivity index (χ4n) is 2.77. The SMILES string of the molecule is S=C(NNc1nnc(-c2ccccc2)c(-c2ccccc2)n1)Nc1ccc(Br)cc1. The lowest BCUT2D eigenvalue weighted by atomic mass is 10.0. The normalized spacial score (nSPS) is 10.3. The standard InChI is InChI=1S/C22H17BrN6S/c23-17-11-13-18(14-12-17)24-22(30)29-28-21-25-19(15-7-3-1-4-8-15)20(26-27-21)16-9-5-2-6-10-16/h1-14H,(H2,24,29,30)(H,25,27,28). The maximum Gasteiger partial charge on any atom is 0.262 e. The molecule has 148 valence electrons. The number of hydrogen-bond acceptors (Lipinski definition) is 5. The Hall–Kier alpha value is -3.36. The predicted octanol–water partition coefficient (Wildman–Crippen LogP) is 5.28. The number of halogens is 1. The molecule has 0 saturated heterocycles. The summed E-state index contributed by atoms with van der Waals surface area (Å²) in [6, 6.07) is 27.4. The molecule has 4 aromatic rings. The van der Waals surface area contributed by atoms with Gasteiger partial charge in [0, 0.05) is 21.3 Å². The number of nitrogens with one attached hydrogen (secondary N) is 3. The molecule has 0 bridgehead atoms. The number of thiocarbonyl (C=S) groups is 1. The highest BCUT2D eigenvalue weighted by Gasteiger charge is 2.13. The molecule has 0 aliphatic carbocycles. The van der Waals surface area contributed by atoms with E-state index in [0.29, 0.717) is 16.8 Å². The summed E-state index contributed by atoms with van der Waals surface area (Å²) in [6.45, 7) is 0. The van der Waals surface area contributed by atoms with Crippen molar-refractivity contribution in [1.29, 1.82) is 0 Å². The molecule has 0 amide bonds. The Morgan fingerprint density at radius 1 is 0.733 bits per heavy atom. The lowest BCUT2D eigenvalue weighted by Crippen LogP contribution is -2.34. The Labute approximate surface area is 187 Å². The van der Waals surface area contributed by atoms with E-state index in [4.69, 9.17) is 12.2 Å². The van der Waals surface area contributed by atoms with Crippen molar-refractivity contribution in [2.24, 2.45) is 0 Å². The summed E-state index contributed by atoms with van der Waals surface area (Å²) in [6.07, 6.45) is 0. The second-order valence-corrected chi connectivity index (χ2v) is 7.60. The molecular weight excluding hydrogens is 460 g/mol. The van der Waals surface area contributed by atoms with Crippen LogP contribution in [0.5, 0.6) is 0 Å². The van der Waals surface area contributed by atoms with Gasteiger partial charge in [-0.2, -0.15) is 0 Å². The summed E-state index contributed by atoms with van der Waals surface area (Å²) < 4.78 is 0.997. The number of aromatic nitrogens is 3. The second kappa shape index (κ2) is 9.43. The van der Waals surface area contributed by atoms with Crippen LogP contribution in [0.25, 0.3) is 22.5 Å². The van der Waals surface area contributed by atoms with Gasteiger partial charge in [-0.3, -0.25) is 10.9 Å². The van der Waals surface area contributed by atoms with Gasteiger partial charge in [0.2, 0.25) is 0 Å². The van der Waals surface area contributed by atoms with Crippen molar-refractivity contribution >= 4 is 44.9 Å². The highest BCUT2D eigenvalue weighted by atomic mass is 79.9. The van der Waals surface area contributed by atoms with Crippen molar-refractivity contribution in [2.75, 3.05) is 10.7 Å². The summed E-state index contributed by atoms with van der Waals surface area (Å²) in [5.74, 6) is 0.313. The number of nitrogens with zero attached hydrogens (tertiary/aromatic N) is 3. The number of benzene rings is 3. The predicted molar refractivity (Wildman–Crippen MR) is 128 cm³/mol. The van der Waals surface area contributed by atoms with Gasteiger partial charge in [-0.25, -0.2) is 4.98 Å². The quantitative estimate of drug-likeness (QED) is 0.267. The van der Waals surface area contributed by atoms with Crippen molar-refractivity contribution in [3.8, 4) is 22.5 Å². The van der Waals surface area contributed by atoms with Crippen LogP contribution in [0, 0.1) is 0 Å². The number of anilines is 2. The third-order valence-electron chi connectivity index (χ3n) is 4.17. The van der Waals surface area contributed by atoms with Gasteiger partial charge in [0.25, 0.3) is 5.95 Å². The average molecular weight is 477 g/mol. The molecule has 0 aliphatic rings. The molecule has 0 fully saturated rings. The zero-order valence-corrected chi connectivity index (χ0v) is 18.1. The molecule has 0 atom stereocenters. The van der Waals surface area contributed by atoms with E-state index in [9.17, 15) is 0 Å². The van der Waals surface area contributed by atoms with Crippen molar-refractivity contribution in [3.63, 3.8) is 0 Å². The Morgan fingerprint density at radius 3 is 1.97 bits per heavy atom. The smallest absolute Gasteiger partial charge is 0.262 e. The number of rotatable bonds is 5. The molecule has 0 aliphatic heterocycles. The van der Waals surface area contributed by atoms with Crippen LogP contribution in [-0.4, -0.2) is 20.3 Å². The zero-order valence-electron chi connectivity index (χ0n) is 15.7. The maximum absolute atomic E-state index is 5.32. The Bertz CT molecular complexity index is 1140. The van der Waals surface area contributed by atoms with Gasteiger partial charge in [0.15, 0.2) is 5.11 Å². The van der Waals surface area contributed by atoms with E-state index in [1.807, 2.05) is 84.9 Å². The molecular formula is C22H17BrN6S. The van der Waals surface area contributed by atoms with Gasteiger partial charge < -0.3 is 5.32 Å². The lowest BCUT2D eigenvalue weighted by molar-refractivity contribution is 0.946. The Kier molecular flexibility index (Phi) is 6.26. The lowest BCUT2D eigenvalue weighted by Gasteiger charge is -2.13. The number of hydrazine groups is 1. The third kappa shape index (κ3) is 4.97. The van der Waals surface area contributed by atoms with E-state index in [0.717, 1.165) is 27.0 Å². The van der Waals surface area contributed by atoms with Crippen LogP contribution < -0.4 is 16.2 Å². The van der Waals surface area contributed by atoms with Crippen LogP contribution in [0.3, 0.4) is 0 Å². The molecule has 1 aromatic heterocycles. The van der Waals surface area contributed by atoms with Gasteiger partial charge in [-0.05, 0) is 36.5 Å². The summed E-state index contributed by atoms with van der Waals surface area (Å²) in [7, 11) is 0. The van der Waals surface area contributed by atoms with Crippen LogP contribution in [0.2, 0.25) is 0 Å². The Morgan fingerprint density at radius 2 is 1.33 bits per heavy atom. The first-order valence-corrected chi connectivity index (χ1v) is 10.3. The first kappa shape index (κ1) is 19.9. The minimum atomic E-state index is 0.313. The molecule has 0 spiro atoms. The van der Waals surface area contributed by atoms with E-state index in [-0.39, 0.29) is 0 Å². The minimum absolute atomic E-state index is 0.313. The maximum atomic E-state index is 5.32. The van der Waals surface area contributed by atoms with E-state index in [1.54, 1.807) is 0 Å². The molecule has 0 radical (unpaired) electrons. The average Bonchev–Trinajstić information content (AvgIpc) is 2.80. The van der Waals surface area contributed by atoms with Gasteiger partial charge in [-0.1, -0.05) is 76.6 Å². The monoisotopic (exact) mass is 476 g/mol. The number of hydrogen-bond donors (Lipinski definition) is 3. The van der Waals surface area contributed by atoms with Crippen LogP contribution in [-0.2, 0) is 0 Å². The Balaban J connectivity index is 1.54. The topological polar surface area (TPSA) is 74.8 Å². The molecule has 1 heterocycles. The largest absolute Gasteiger partial charge is 0.331 e. The minimum Gasteiger partial charge on any atom is -0.331 e. The fourth-order valence-corrected chi connectivity index (χ4v) is 3.21. The van der Waals surface area contributed by atoms with Crippen LogP contribution in [0.15, 0.2) is 89.4 Å². The molecule has 8 heteroatoms. The van der Waals surface area contributed by atoms with Crippen LogP contribution >= 0.6 is 28.1 Å². The summed E-state index contributed by atoms with van der Waals surface area (Å²) in [5.41, 5.74) is 10.0. The third-order valence-corrected chi connectivity index (χ3v) is 4.90. The summed E-state index contributed by atoms with van der Waals surface area (Å²) in [5, 5.41) is 12.1. The molecule has 6 nitrogen and oxygen atoms in total. The first-order valence-electron chi connectivity index (χ1n) is 9.13. The summed E-state index contributed by atoms with van der Waals surface area (Å²) >= 11 is 8.73. The van der Waals surface area contributed by atoms with E-state index in [1.165, 1.54) is 0 Å². The van der Waals surface area contributed by atoms with Gasteiger partial charge >= 0.3 is 0 Å². The van der Waals surface area contributed by atoms with Crippen molar-refractivity contribution in [2.45, 2.75) is 0 Å². The highest BCUT2D eigenvalue weighted by molar-refractivity contribution is 9.10. The first-order chi connectivity index (χ1) is 14.7. The fraction of sp³-hybridized carbons (Fsp3) is 0. The van der Waals surface area contributed by atoms with Crippen molar-refractivity contribution in [3.05, 3.63) is 89.4 Å². The molecule has 0 saturated carbocycles. The second-order valence-electron chi connectivity index (χ2n) is 6.28. The molecule has 3 aromatic carbocycles. The highest BCUT2D eigenvalue weighted by Crippen LogP contribution is 2.28. The molecule has 0 unspecified atom stereocenters. The van der Waals surface area contributed by atoms with E-state index in [2.05, 4.69) is 47.3 Å².